The van der Waals surface area contributed by atoms with E-state index in [2.05, 4.69) is 63.0 Å². The van der Waals surface area contributed by atoms with Gasteiger partial charge in [0.15, 0.2) is 0 Å². The summed E-state index contributed by atoms with van der Waals surface area (Å²) < 4.78 is 0. The minimum atomic E-state index is -0.390. The number of nitrogens with one attached hydrogen (secondary N) is 1. The van der Waals surface area contributed by atoms with Crippen molar-refractivity contribution in [3.8, 4) is 6.07 Å². The maximum atomic E-state index is 12.6. The summed E-state index contributed by atoms with van der Waals surface area (Å²) in [4.78, 5) is 15.1. The summed E-state index contributed by atoms with van der Waals surface area (Å²) >= 11 is 0. The van der Waals surface area contributed by atoms with Gasteiger partial charge < -0.3 is 10.2 Å². The van der Waals surface area contributed by atoms with Gasteiger partial charge in [0.1, 0.15) is 11.6 Å². The molecular weight excluding hydrogens is 370 g/mol. The van der Waals surface area contributed by atoms with Crippen LogP contribution in [0, 0.1) is 18.3 Å². The number of carbonyl (C=O) groups excluding carboxylic acids is 1. The van der Waals surface area contributed by atoms with E-state index in [9.17, 15) is 10.1 Å². The first-order valence-electron chi connectivity index (χ1n) is 10.6. The fraction of sp³-hybridized carbons (Fsp3) is 0.385. The summed E-state index contributed by atoms with van der Waals surface area (Å²) in [5.74, 6) is 0.0174. The van der Waals surface area contributed by atoms with E-state index in [1.807, 2.05) is 37.3 Å². The van der Waals surface area contributed by atoms with Crippen molar-refractivity contribution in [3.05, 3.63) is 64.7 Å². The van der Waals surface area contributed by atoms with Gasteiger partial charge in [-0.1, -0.05) is 25.1 Å². The Hall–Kier alpha value is -3.06. The number of anilines is 2. The van der Waals surface area contributed by atoms with Gasteiger partial charge in [0.05, 0.1) is 0 Å². The minimum Gasteiger partial charge on any atom is -0.364 e. The third-order valence-electron chi connectivity index (χ3n) is 5.77. The van der Waals surface area contributed by atoms with Gasteiger partial charge in [-0.3, -0.25) is 4.79 Å². The maximum Gasteiger partial charge on any atom is 0.266 e. The van der Waals surface area contributed by atoms with E-state index >= 15 is 0 Å². The molecule has 1 N–H and O–H groups in total. The van der Waals surface area contributed by atoms with E-state index in [1.165, 1.54) is 11.3 Å². The van der Waals surface area contributed by atoms with Crippen LogP contribution in [-0.4, -0.2) is 17.5 Å². The van der Waals surface area contributed by atoms with E-state index in [1.54, 1.807) is 6.08 Å². The van der Waals surface area contributed by atoms with Crippen LogP contribution in [0.4, 0.5) is 11.4 Å². The molecule has 4 nitrogen and oxygen atoms in total. The smallest absolute Gasteiger partial charge is 0.266 e. The van der Waals surface area contributed by atoms with Crippen molar-refractivity contribution in [2.24, 2.45) is 0 Å². The number of hydrogen-bond donors (Lipinski definition) is 1. The number of amides is 1. The topological polar surface area (TPSA) is 56.1 Å². The second kappa shape index (κ2) is 8.36. The highest BCUT2D eigenvalue weighted by molar-refractivity contribution is 6.09. The summed E-state index contributed by atoms with van der Waals surface area (Å²) in [6, 6.07) is 16.3. The highest BCUT2D eigenvalue weighted by Crippen LogP contribution is 2.44. The Morgan fingerprint density at radius 2 is 2.00 bits per heavy atom. The summed E-state index contributed by atoms with van der Waals surface area (Å²) in [6.45, 7) is 13.2. The second-order valence-corrected chi connectivity index (χ2v) is 9.19. The number of hydrogen-bond acceptors (Lipinski definition) is 3. The lowest BCUT2D eigenvalue weighted by Gasteiger charge is -2.50. The van der Waals surface area contributed by atoms with Crippen LogP contribution >= 0.6 is 0 Å². The minimum absolute atomic E-state index is 0.0868. The Balaban J connectivity index is 1.92. The fourth-order valence-electron chi connectivity index (χ4n) is 4.77. The van der Waals surface area contributed by atoms with Crippen LogP contribution < -0.4 is 10.2 Å². The molecule has 0 saturated heterocycles. The standard InChI is InChI=1S/C26H31N3O/c1-17(2)29-24-11-10-20(14-23(24)19(4)15-26(29,5)6)13-21(16-27)25(30)28-22-9-7-8-18(3)12-22/h7-14,17,19H,15H2,1-6H3,(H,28,30)/b21-13-. The molecule has 0 bridgehead atoms. The molecule has 3 rings (SSSR count). The number of nitriles is 1. The lowest BCUT2D eigenvalue weighted by atomic mass is 9.79. The number of aryl methyl sites for hydroxylation is 1. The van der Waals surface area contributed by atoms with Gasteiger partial charge in [0, 0.05) is 23.0 Å². The van der Waals surface area contributed by atoms with Crippen LogP contribution in [0.2, 0.25) is 0 Å². The molecule has 1 aliphatic rings. The van der Waals surface area contributed by atoms with Gasteiger partial charge >= 0.3 is 0 Å². The maximum absolute atomic E-state index is 12.6. The summed E-state index contributed by atoms with van der Waals surface area (Å²) in [7, 11) is 0. The fourth-order valence-corrected chi connectivity index (χ4v) is 4.77. The van der Waals surface area contributed by atoms with Gasteiger partial charge in [0.25, 0.3) is 5.91 Å². The van der Waals surface area contributed by atoms with Crippen molar-refractivity contribution >= 4 is 23.4 Å². The molecule has 1 heterocycles. The Morgan fingerprint density at radius 3 is 2.63 bits per heavy atom. The summed E-state index contributed by atoms with van der Waals surface area (Å²) in [6.07, 6.45) is 2.74. The molecular formula is C26H31N3O. The molecule has 0 radical (unpaired) electrons. The van der Waals surface area contributed by atoms with Crippen LogP contribution in [0.25, 0.3) is 6.08 Å². The highest BCUT2D eigenvalue weighted by atomic mass is 16.1. The molecule has 30 heavy (non-hydrogen) atoms. The van der Waals surface area contributed by atoms with Crippen LogP contribution in [-0.2, 0) is 4.79 Å². The average Bonchev–Trinajstić information content (AvgIpc) is 2.65. The zero-order valence-electron chi connectivity index (χ0n) is 18.8. The molecule has 1 aliphatic heterocycles. The molecule has 0 aromatic heterocycles. The predicted molar refractivity (Wildman–Crippen MR) is 125 cm³/mol. The van der Waals surface area contributed by atoms with Crippen LogP contribution in [0.15, 0.2) is 48.0 Å². The van der Waals surface area contributed by atoms with Crippen molar-refractivity contribution in [1.82, 2.24) is 0 Å². The normalized spacial score (nSPS) is 18.0. The lowest BCUT2D eigenvalue weighted by molar-refractivity contribution is -0.112. The molecule has 0 fully saturated rings. The quantitative estimate of drug-likeness (QED) is 0.502. The van der Waals surface area contributed by atoms with Gasteiger partial charge in [-0.05, 0) is 94.0 Å². The van der Waals surface area contributed by atoms with Crippen molar-refractivity contribution in [3.63, 3.8) is 0 Å². The van der Waals surface area contributed by atoms with Crippen molar-refractivity contribution in [1.29, 1.82) is 5.26 Å². The Morgan fingerprint density at radius 1 is 1.27 bits per heavy atom. The van der Waals surface area contributed by atoms with Crippen LogP contribution in [0.1, 0.15) is 63.6 Å². The first-order valence-corrected chi connectivity index (χ1v) is 10.6. The number of rotatable bonds is 4. The largest absolute Gasteiger partial charge is 0.364 e. The molecule has 156 valence electrons. The lowest BCUT2D eigenvalue weighted by Crippen LogP contribution is -2.51. The third-order valence-corrected chi connectivity index (χ3v) is 5.77. The SMILES string of the molecule is Cc1cccc(NC(=O)/C(C#N)=C\c2ccc3c(c2)C(C)CC(C)(C)N3C(C)C)c1. The van der Waals surface area contributed by atoms with Gasteiger partial charge in [-0.25, -0.2) is 0 Å². The highest BCUT2D eigenvalue weighted by Gasteiger charge is 2.37. The molecule has 1 atom stereocenters. The molecule has 1 amide bonds. The zero-order valence-corrected chi connectivity index (χ0v) is 18.8. The predicted octanol–water partition coefficient (Wildman–Crippen LogP) is 6.04. The summed E-state index contributed by atoms with van der Waals surface area (Å²) in [5, 5.41) is 12.4. The number of fused-ring (bicyclic) bond motifs is 1. The molecule has 2 aromatic carbocycles. The monoisotopic (exact) mass is 401 g/mol. The average molecular weight is 402 g/mol. The van der Waals surface area contributed by atoms with E-state index in [0.717, 1.165) is 17.5 Å². The molecule has 2 aromatic rings. The molecule has 1 unspecified atom stereocenters. The second-order valence-electron chi connectivity index (χ2n) is 9.19. The van der Waals surface area contributed by atoms with Crippen molar-refractivity contribution < 1.29 is 4.79 Å². The van der Waals surface area contributed by atoms with Gasteiger partial charge in [-0.2, -0.15) is 5.26 Å². The Labute approximate surface area is 180 Å². The number of nitrogens with zero attached hydrogens (tertiary/aromatic N) is 2. The molecule has 4 heteroatoms. The number of benzene rings is 2. The van der Waals surface area contributed by atoms with E-state index in [0.29, 0.717) is 17.6 Å². The van der Waals surface area contributed by atoms with E-state index in [4.69, 9.17) is 0 Å². The van der Waals surface area contributed by atoms with Crippen LogP contribution in [0.3, 0.4) is 0 Å². The van der Waals surface area contributed by atoms with Crippen molar-refractivity contribution in [2.75, 3.05) is 10.2 Å². The van der Waals surface area contributed by atoms with Crippen molar-refractivity contribution in [2.45, 2.75) is 65.5 Å². The summed E-state index contributed by atoms with van der Waals surface area (Å²) in [5.41, 5.74) is 5.32. The Bertz CT molecular complexity index is 1030. The van der Waals surface area contributed by atoms with E-state index < -0.39 is 0 Å². The van der Waals surface area contributed by atoms with Gasteiger partial charge in [0.2, 0.25) is 0 Å². The zero-order chi connectivity index (χ0) is 22.1. The Kier molecular flexibility index (Phi) is 6.03. The third kappa shape index (κ3) is 4.41. The van der Waals surface area contributed by atoms with Gasteiger partial charge in [-0.15, -0.1) is 0 Å². The van der Waals surface area contributed by atoms with E-state index in [-0.39, 0.29) is 17.0 Å². The molecule has 0 saturated carbocycles. The number of carbonyl (C=O) groups is 1. The molecule has 0 spiro atoms. The first-order chi connectivity index (χ1) is 14.1. The first kappa shape index (κ1) is 21.6. The van der Waals surface area contributed by atoms with Crippen LogP contribution in [0.5, 0.6) is 0 Å². The molecule has 0 aliphatic carbocycles.